The van der Waals surface area contributed by atoms with E-state index in [1.165, 1.54) is 6.07 Å². The SMILES string of the molecule is CCOc1cc2nccn2cc1NC(=O)c1cccc(C(F)(F)F)n1. The van der Waals surface area contributed by atoms with E-state index in [0.717, 1.165) is 12.1 Å². The molecule has 0 bridgehead atoms. The van der Waals surface area contributed by atoms with Gasteiger partial charge in [-0.2, -0.15) is 13.2 Å². The molecule has 1 N–H and O–H groups in total. The van der Waals surface area contributed by atoms with Gasteiger partial charge in [0.1, 0.15) is 28.5 Å². The van der Waals surface area contributed by atoms with E-state index in [9.17, 15) is 18.0 Å². The van der Waals surface area contributed by atoms with E-state index in [2.05, 4.69) is 15.3 Å². The minimum atomic E-state index is -4.62. The first-order chi connectivity index (χ1) is 11.9. The van der Waals surface area contributed by atoms with Crippen LogP contribution in [0, 0.1) is 0 Å². The van der Waals surface area contributed by atoms with Crippen LogP contribution in [0.25, 0.3) is 5.65 Å². The van der Waals surface area contributed by atoms with Gasteiger partial charge in [-0.3, -0.25) is 4.79 Å². The maximum atomic E-state index is 12.7. The molecule has 0 atom stereocenters. The Labute approximate surface area is 140 Å². The van der Waals surface area contributed by atoms with Crippen LogP contribution in [0.4, 0.5) is 18.9 Å². The zero-order valence-electron chi connectivity index (χ0n) is 13.0. The predicted molar refractivity (Wildman–Crippen MR) is 83.6 cm³/mol. The number of amides is 1. The van der Waals surface area contributed by atoms with Crippen molar-refractivity contribution in [2.45, 2.75) is 13.1 Å². The third-order valence-electron chi connectivity index (χ3n) is 3.31. The van der Waals surface area contributed by atoms with Crippen LogP contribution in [-0.4, -0.2) is 26.9 Å². The van der Waals surface area contributed by atoms with Crippen LogP contribution >= 0.6 is 0 Å². The fraction of sp³-hybridized carbons (Fsp3) is 0.188. The largest absolute Gasteiger partial charge is 0.491 e. The Balaban J connectivity index is 1.92. The average molecular weight is 350 g/mol. The molecular formula is C16H13F3N4O2. The van der Waals surface area contributed by atoms with E-state index in [4.69, 9.17) is 4.74 Å². The maximum absolute atomic E-state index is 12.7. The molecule has 0 unspecified atom stereocenters. The Morgan fingerprint density at radius 1 is 1.36 bits per heavy atom. The number of pyridine rings is 2. The summed E-state index contributed by atoms with van der Waals surface area (Å²) in [5.41, 5.74) is -0.562. The van der Waals surface area contributed by atoms with Crippen LogP contribution in [0.5, 0.6) is 5.75 Å². The van der Waals surface area contributed by atoms with E-state index in [0.29, 0.717) is 23.7 Å². The van der Waals surface area contributed by atoms with Crippen LogP contribution < -0.4 is 10.1 Å². The number of alkyl halides is 3. The van der Waals surface area contributed by atoms with Crippen molar-refractivity contribution in [3.05, 3.63) is 54.2 Å². The summed E-state index contributed by atoms with van der Waals surface area (Å²) in [7, 11) is 0. The van der Waals surface area contributed by atoms with E-state index in [-0.39, 0.29) is 5.69 Å². The molecule has 0 fully saturated rings. The third kappa shape index (κ3) is 3.54. The van der Waals surface area contributed by atoms with E-state index >= 15 is 0 Å². The molecule has 0 aliphatic heterocycles. The Morgan fingerprint density at radius 2 is 2.16 bits per heavy atom. The third-order valence-corrected chi connectivity index (χ3v) is 3.31. The number of fused-ring (bicyclic) bond motifs is 1. The maximum Gasteiger partial charge on any atom is 0.433 e. The quantitative estimate of drug-likeness (QED) is 0.783. The Kier molecular flexibility index (Phi) is 4.30. The van der Waals surface area contributed by atoms with E-state index < -0.39 is 17.8 Å². The fourth-order valence-corrected chi connectivity index (χ4v) is 2.22. The summed E-state index contributed by atoms with van der Waals surface area (Å²) in [6.07, 6.45) is 0.190. The van der Waals surface area contributed by atoms with Crippen LogP contribution in [-0.2, 0) is 6.18 Å². The lowest BCUT2D eigenvalue weighted by atomic mass is 10.2. The lowest BCUT2D eigenvalue weighted by Crippen LogP contribution is -2.17. The van der Waals surface area contributed by atoms with E-state index in [1.54, 1.807) is 36.0 Å². The highest BCUT2D eigenvalue weighted by Crippen LogP contribution is 2.29. The second kappa shape index (κ2) is 6.42. The van der Waals surface area contributed by atoms with Gasteiger partial charge in [-0.05, 0) is 19.1 Å². The summed E-state index contributed by atoms with van der Waals surface area (Å²) in [4.78, 5) is 19.8. The highest BCUT2D eigenvalue weighted by molar-refractivity contribution is 6.03. The molecule has 0 saturated carbocycles. The van der Waals surface area contributed by atoms with Gasteiger partial charge in [-0.25, -0.2) is 9.97 Å². The summed E-state index contributed by atoms with van der Waals surface area (Å²) < 4.78 is 45.3. The molecule has 3 aromatic heterocycles. The number of carbonyl (C=O) groups is 1. The Hall–Kier alpha value is -3.10. The molecule has 3 aromatic rings. The molecule has 3 rings (SSSR count). The molecule has 3 heterocycles. The number of nitrogens with zero attached hydrogens (tertiary/aromatic N) is 3. The number of anilines is 1. The summed E-state index contributed by atoms with van der Waals surface area (Å²) in [6, 6.07) is 4.77. The number of hydrogen-bond donors (Lipinski definition) is 1. The van der Waals surface area contributed by atoms with Gasteiger partial charge in [0, 0.05) is 24.7 Å². The van der Waals surface area contributed by atoms with Crippen LogP contribution in [0.1, 0.15) is 23.1 Å². The van der Waals surface area contributed by atoms with Crippen molar-refractivity contribution >= 4 is 17.2 Å². The van der Waals surface area contributed by atoms with Crippen molar-refractivity contribution in [3.63, 3.8) is 0 Å². The minimum Gasteiger partial charge on any atom is -0.491 e. The zero-order chi connectivity index (χ0) is 18.0. The number of aromatic nitrogens is 3. The first-order valence-electron chi connectivity index (χ1n) is 7.33. The monoisotopic (exact) mass is 350 g/mol. The number of nitrogens with one attached hydrogen (secondary N) is 1. The molecule has 6 nitrogen and oxygen atoms in total. The molecule has 0 radical (unpaired) electrons. The number of halogens is 3. The van der Waals surface area contributed by atoms with Gasteiger partial charge in [0.2, 0.25) is 0 Å². The van der Waals surface area contributed by atoms with Crippen molar-refractivity contribution in [1.29, 1.82) is 0 Å². The van der Waals surface area contributed by atoms with Crippen LogP contribution in [0.3, 0.4) is 0 Å². The molecule has 0 aliphatic carbocycles. The number of hydrogen-bond acceptors (Lipinski definition) is 4. The molecule has 9 heteroatoms. The van der Waals surface area contributed by atoms with Crippen molar-refractivity contribution in [3.8, 4) is 5.75 Å². The summed E-state index contributed by atoms with van der Waals surface area (Å²) in [5.74, 6) is -0.409. The van der Waals surface area contributed by atoms with Crippen molar-refractivity contribution in [2.75, 3.05) is 11.9 Å². The fourth-order valence-electron chi connectivity index (χ4n) is 2.22. The molecule has 0 saturated heterocycles. The zero-order valence-corrected chi connectivity index (χ0v) is 13.0. The van der Waals surface area contributed by atoms with Gasteiger partial charge in [-0.1, -0.05) is 6.07 Å². The lowest BCUT2D eigenvalue weighted by molar-refractivity contribution is -0.141. The Bertz CT molecular complexity index is 921. The van der Waals surface area contributed by atoms with Gasteiger partial charge in [0.05, 0.1) is 6.61 Å². The molecule has 1 amide bonds. The van der Waals surface area contributed by atoms with Gasteiger partial charge in [0.15, 0.2) is 0 Å². The highest BCUT2D eigenvalue weighted by Gasteiger charge is 2.33. The van der Waals surface area contributed by atoms with Crippen molar-refractivity contribution in [2.24, 2.45) is 0 Å². The highest BCUT2D eigenvalue weighted by atomic mass is 19.4. The first kappa shape index (κ1) is 16.7. The lowest BCUT2D eigenvalue weighted by Gasteiger charge is -2.12. The molecular weight excluding hydrogens is 337 g/mol. The van der Waals surface area contributed by atoms with Gasteiger partial charge < -0.3 is 14.5 Å². The van der Waals surface area contributed by atoms with Crippen LogP contribution in [0.2, 0.25) is 0 Å². The standard InChI is InChI=1S/C16H13F3N4O2/c1-2-25-12-8-14-20-6-7-23(14)9-11(12)22-15(24)10-4-3-5-13(21-10)16(17,18)19/h3-9H,2H2,1H3,(H,22,24). The van der Waals surface area contributed by atoms with E-state index in [1.807, 2.05) is 0 Å². The van der Waals surface area contributed by atoms with Gasteiger partial charge in [0.25, 0.3) is 5.91 Å². The topological polar surface area (TPSA) is 68.5 Å². The second-order valence-electron chi connectivity index (χ2n) is 5.04. The predicted octanol–water partition coefficient (Wildman–Crippen LogP) is 3.40. The number of carbonyl (C=O) groups excluding carboxylic acids is 1. The molecule has 0 aliphatic rings. The van der Waals surface area contributed by atoms with Gasteiger partial charge >= 0.3 is 6.18 Å². The smallest absolute Gasteiger partial charge is 0.433 e. The van der Waals surface area contributed by atoms with Gasteiger partial charge in [-0.15, -0.1) is 0 Å². The number of rotatable bonds is 4. The molecule has 25 heavy (non-hydrogen) atoms. The summed E-state index contributed by atoms with van der Waals surface area (Å²) in [5, 5.41) is 2.53. The number of ether oxygens (including phenoxy) is 1. The first-order valence-corrected chi connectivity index (χ1v) is 7.33. The summed E-state index contributed by atoms with van der Waals surface area (Å²) >= 11 is 0. The van der Waals surface area contributed by atoms with Crippen molar-refractivity contribution in [1.82, 2.24) is 14.4 Å². The minimum absolute atomic E-state index is 0.302. The van der Waals surface area contributed by atoms with Crippen LogP contribution in [0.15, 0.2) is 42.9 Å². The second-order valence-corrected chi connectivity index (χ2v) is 5.04. The number of imidazole rings is 1. The normalized spacial score (nSPS) is 11.5. The molecule has 0 spiro atoms. The summed E-state index contributed by atoms with van der Waals surface area (Å²) in [6.45, 7) is 2.12. The van der Waals surface area contributed by atoms with Crippen molar-refractivity contribution < 1.29 is 22.7 Å². The Morgan fingerprint density at radius 3 is 2.88 bits per heavy atom. The molecule has 0 aromatic carbocycles. The average Bonchev–Trinajstić information content (AvgIpc) is 3.02. The molecule has 130 valence electrons.